The average molecular weight is 221 g/mol. The van der Waals surface area contributed by atoms with Crippen molar-refractivity contribution in [3.8, 4) is 5.88 Å². The van der Waals surface area contributed by atoms with Crippen molar-refractivity contribution in [1.82, 2.24) is 10.3 Å². The number of piperidine rings is 1. The van der Waals surface area contributed by atoms with Crippen molar-refractivity contribution in [3.05, 3.63) is 18.3 Å². The highest BCUT2D eigenvalue weighted by molar-refractivity contribution is 5.46. The SMILES string of the molecule is COc1cc(NC2CCCNC2C)ccn1. The topological polar surface area (TPSA) is 46.2 Å². The van der Waals surface area contributed by atoms with Crippen LogP contribution in [0.15, 0.2) is 18.3 Å². The molecule has 1 aromatic heterocycles. The van der Waals surface area contributed by atoms with E-state index in [9.17, 15) is 0 Å². The van der Waals surface area contributed by atoms with Gasteiger partial charge >= 0.3 is 0 Å². The Balaban J connectivity index is 2.01. The molecule has 1 aromatic rings. The summed E-state index contributed by atoms with van der Waals surface area (Å²) in [4.78, 5) is 4.09. The Hall–Kier alpha value is -1.29. The summed E-state index contributed by atoms with van der Waals surface area (Å²) >= 11 is 0. The summed E-state index contributed by atoms with van der Waals surface area (Å²) in [5, 5.41) is 6.99. The molecule has 0 spiro atoms. The van der Waals surface area contributed by atoms with Gasteiger partial charge in [0.05, 0.1) is 7.11 Å². The molecule has 0 radical (unpaired) electrons. The van der Waals surface area contributed by atoms with Crippen LogP contribution in [-0.2, 0) is 0 Å². The number of hydrogen-bond acceptors (Lipinski definition) is 4. The van der Waals surface area contributed by atoms with Crippen LogP contribution < -0.4 is 15.4 Å². The van der Waals surface area contributed by atoms with Gasteiger partial charge in [-0.2, -0.15) is 0 Å². The first kappa shape index (κ1) is 11.2. The van der Waals surface area contributed by atoms with E-state index in [4.69, 9.17) is 4.74 Å². The van der Waals surface area contributed by atoms with Crippen LogP contribution in [0.2, 0.25) is 0 Å². The van der Waals surface area contributed by atoms with E-state index in [2.05, 4.69) is 22.5 Å². The number of rotatable bonds is 3. The molecule has 1 aliphatic heterocycles. The molecule has 0 saturated carbocycles. The molecule has 0 aromatic carbocycles. The number of methoxy groups -OCH3 is 1. The van der Waals surface area contributed by atoms with Crippen molar-refractivity contribution in [2.45, 2.75) is 31.8 Å². The van der Waals surface area contributed by atoms with Gasteiger partial charge in [0.2, 0.25) is 5.88 Å². The first-order chi connectivity index (χ1) is 7.79. The number of hydrogen-bond donors (Lipinski definition) is 2. The first-order valence-corrected chi connectivity index (χ1v) is 5.79. The maximum absolute atomic E-state index is 5.10. The molecule has 2 heterocycles. The first-order valence-electron chi connectivity index (χ1n) is 5.79. The highest BCUT2D eigenvalue weighted by Gasteiger charge is 2.20. The summed E-state index contributed by atoms with van der Waals surface area (Å²) in [5.41, 5.74) is 1.08. The summed E-state index contributed by atoms with van der Waals surface area (Å²) in [7, 11) is 1.64. The third-order valence-corrected chi connectivity index (χ3v) is 3.06. The van der Waals surface area contributed by atoms with Gasteiger partial charge in [-0.3, -0.25) is 0 Å². The second-order valence-corrected chi connectivity index (χ2v) is 4.22. The van der Waals surface area contributed by atoms with E-state index in [0.717, 1.165) is 12.2 Å². The van der Waals surface area contributed by atoms with Gasteiger partial charge in [0.25, 0.3) is 0 Å². The summed E-state index contributed by atoms with van der Waals surface area (Å²) < 4.78 is 5.10. The molecule has 16 heavy (non-hydrogen) atoms. The van der Waals surface area contributed by atoms with Crippen LogP contribution in [0.3, 0.4) is 0 Å². The fourth-order valence-corrected chi connectivity index (χ4v) is 2.07. The second-order valence-electron chi connectivity index (χ2n) is 4.22. The molecule has 0 aliphatic carbocycles. The van der Waals surface area contributed by atoms with Crippen molar-refractivity contribution < 1.29 is 4.74 Å². The lowest BCUT2D eigenvalue weighted by molar-refractivity contribution is 0.387. The molecule has 0 amide bonds. The number of ether oxygens (including phenoxy) is 1. The zero-order valence-corrected chi connectivity index (χ0v) is 9.86. The predicted octanol–water partition coefficient (Wildman–Crippen LogP) is 1.64. The Labute approximate surface area is 96.4 Å². The van der Waals surface area contributed by atoms with Crippen molar-refractivity contribution in [2.75, 3.05) is 19.0 Å². The Morgan fingerprint density at radius 2 is 2.44 bits per heavy atom. The number of pyridine rings is 1. The van der Waals surface area contributed by atoms with Crippen molar-refractivity contribution in [1.29, 1.82) is 0 Å². The molecule has 2 atom stereocenters. The number of anilines is 1. The van der Waals surface area contributed by atoms with Crippen LogP contribution >= 0.6 is 0 Å². The molecule has 4 heteroatoms. The van der Waals surface area contributed by atoms with Crippen LogP contribution in [0, 0.1) is 0 Å². The van der Waals surface area contributed by atoms with E-state index >= 15 is 0 Å². The third-order valence-electron chi connectivity index (χ3n) is 3.06. The summed E-state index contributed by atoms with van der Waals surface area (Å²) in [6.45, 7) is 3.34. The van der Waals surface area contributed by atoms with E-state index in [1.807, 2.05) is 12.1 Å². The molecular weight excluding hydrogens is 202 g/mol. The van der Waals surface area contributed by atoms with Crippen LogP contribution in [0.5, 0.6) is 5.88 Å². The smallest absolute Gasteiger partial charge is 0.214 e. The largest absolute Gasteiger partial charge is 0.481 e. The van der Waals surface area contributed by atoms with Gasteiger partial charge in [0.1, 0.15) is 0 Å². The fraction of sp³-hybridized carbons (Fsp3) is 0.583. The zero-order chi connectivity index (χ0) is 11.4. The van der Waals surface area contributed by atoms with Crippen LogP contribution in [-0.4, -0.2) is 30.7 Å². The Morgan fingerprint density at radius 3 is 3.19 bits per heavy atom. The zero-order valence-electron chi connectivity index (χ0n) is 9.86. The van der Waals surface area contributed by atoms with E-state index in [1.165, 1.54) is 12.8 Å². The molecule has 88 valence electrons. The van der Waals surface area contributed by atoms with Gasteiger partial charge in [-0.25, -0.2) is 4.98 Å². The van der Waals surface area contributed by atoms with Gasteiger partial charge in [-0.05, 0) is 32.4 Å². The Morgan fingerprint density at radius 1 is 1.56 bits per heavy atom. The maximum Gasteiger partial charge on any atom is 0.214 e. The predicted molar refractivity (Wildman–Crippen MR) is 64.9 cm³/mol. The fourth-order valence-electron chi connectivity index (χ4n) is 2.07. The highest BCUT2D eigenvalue weighted by atomic mass is 16.5. The molecule has 2 rings (SSSR count). The van der Waals surface area contributed by atoms with Gasteiger partial charge in [0, 0.05) is 30.0 Å². The summed E-state index contributed by atoms with van der Waals surface area (Å²) in [6.07, 6.45) is 4.20. The Kier molecular flexibility index (Phi) is 3.62. The number of nitrogens with one attached hydrogen (secondary N) is 2. The minimum Gasteiger partial charge on any atom is -0.481 e. The minimum absolute atomic E-state index is 0.487. The average Bonchev–Trinajstić information content (AvgIpc) is 2.32. The van der Waals surface area contributed by atoms with Crippen LogP contribution in [0.1, 0.15) is 19.8 Å². The van der Waals surface area contributed by atoms with Crippen LogP contribution in [0.4, 0.5) is 5.69 Å². The van der Waals surface area contributed by atoms with E-state index in [0.29, 0.717) is 18.0 Å². The normalized spacial score (nSPS) is 25.1. The lowest BCUT2D eigenvalue weighted by Gasteiger charge is -2.31. The lowest BCUT2D eigenvalue weighted by atomic mass is 10.00. The molecule has 4 nitrogen and oxygen atoms in total. The van der Waals surface area contributed by atoms with Gasteiger partial charge in [-0.1, -0.05) is 0 Å². The lowest BCUT2D eigenvalue weighted by Crippen LogP contribution is -2.46. The third kappa shape index (κ3) is 2.64. The molecule has 1 saturated heterocycles. The molecule has 2 unspecified atom stereocenters. The number of nitrogens with zero attached hydrogens (tertiary/aromatic N) is 1. The van der Waals surface area contributed by atoms with Gasteiger partial charge < -0.3 is 15.4 Å². The summed E-state index contributed by atoms with van der Waals surface area (Å²) in [5.74, 6) is 0.654. The Bertz CT molecular complexity index is 343. The monoisotopic (exact) mass is 221 g/mol. The second kappa shape index (κ2) is 5.16. The van der Waals surface area contributed by atoms with E-state index in [-0.39, 0.29) is 0 Å². The molecule has 1 fully saturated rings. The standard InChI is InChI=1S/C12H19N3O/c1-9-11(4-3-6-13-9)15-10-5-7-14-12(8-10)16-2/h5,7-9,11,13H,3-4,6H2,1-2H3,(H,14,15). The number of aromatic nitrogens is 1. The van der Waals surface area contributed by atoms with E-state index < -0.39 is 0 Å². The van der Waals surface area contributed by atoms with Crippen molar-refractivity contribution in [3.63, 3.8) is 0 Å². The van der Waals surface area contributed by atoms with Gasteiger partial charge in [-0.15, -0.1) is 0 Å². The minimum atomic E-state index is 0.487. The molecule has 2 N–H and O–H groups in total. The molecular formula is C12H19N3O. The van der Waals surface area contributed by atoms with Crippen LogP contribution in [0.25, 0.3) is 0 Å². The quantitative estimate of drug-likeness (QED) is 0.814. The molecule has 0 bridgehead atoms. The maximum atomic E-state index is 5.10. The highest BCUT2D eigenvalue weighted by Crippen LogP contribution is 2.18. The van der Waals surface area contributed by atoms with Gasteiger partial charge in [0.15, 0.2) is 0 Å². The van der Waals surface area contributed by atoms with E-state index in [1.54, 1.807) is 13.3 Å². The summed E-state index contributed by atoms with van der Waals surface area (Å²) in [6, 6.07) is 4.90. The van der Waals surface area contributed by atoms with Crippen molar-refractivity contribution in [2.24, 2.45) is 0 Å². The molecule has 1 aliphatic rings. The van der Waals surface area contributed by atoms with Crippen molar-refractivity contribution >= 4 is 5.69 Å².